The van der Waals surface area contributed by atoms with E-state index in [0.29, 0.717) is 18.5 Å². The van der Waals surface area contributed by atoms with E-state index >= 15 is 0 Å². The number of benzene rings is 3. The molecule has 1 heterocycles. The molecule has 164 valence electrons. The number of nitrogens with zero attached hydrogens (tertiary/aromatic N) is 1. The first-order chi connectivity index (χ1) is 15.3. The molecule has 0 saturated carbocycles. The number of fused-ring (bicyclic) bond motifs is 1. The molecule has 1 atom stereocenters. The van der Waals surface area contributed by atoms with Crippen molar-refractivity contribution in [2.75, 3.05) is 6.54 Å². The molecule has 6 nitrogen and oxygen atoms in total. The largest absolute Gasteiger partial charge is 0.350 e. The summed E-state index contributed by atoms with van der Waals surface area (Å²) in [6.45, 7) is 0.546. The van der Waals surface area contributed by atoms with E-state index in [1.54, 1.807) is 12.1 Å². The Kier molecular flexibility index (Phi) is 6.23. The van der Waals surface area contributed by atoms with Crippen LogP contribution in [-0.2, 0) is 23.5 Å². The van der Waals surface area contributed by atoms with Crippen LogP contribution in [0.5, 0.6) is 0 Å². The van der Waals surface area contributed by atoms with Gasteiger partial charge in [-0.05, 0) is 35.7 Å². The van der Waals surface area contributed by atoms with E-state index in [2.05, 4.69) is 5.32 Å². The number of aromatic nitrogens is 1. The SMILES string of the molecule is Cn1cc(C(=O)[C@H](NCCc2ccc(S(N)(=O)=O)cc2)c2ccccc2)c2ccccc21. The first-order valence-corrected chi connectivity index (χ1v) is 11.9. The molecule has 3 N–H and O–H groups in total. The maximum absolute atomic E-state index is 13.6. The number of Topliss-reactive ketones (excluding diaryl/α,β-unsaturated/α-hetero) is 1. The van der Waals surface area contributed by atoms with Crippen LogP contribution in [-0.4, -0.2) is 25.3 Å². The van der Waals surface area contributed by atoms with Gasteiger partial charge in [0.25, 0.3) is 0 Å². The van der Waals surface area contributed by atoms with Crippen LogP contribution in [0.3, 0.4) is 0 Å². The molecule has 0 bridgehead atoms. The van der Waals surface area contributed by atoms with Crippen LogP contribution in [0.25, 0.3) is 10.9 Å². The zero-order chi connectivity index (χ0) is 22.7. The summed E-state index contributed by atoms with van der Waals surface area (Å²) in [5, 5.41) is 9.49. The van der Waals surface area contributed by atoms with Crippen LogP contribution in [0.4, 0.5) is 0 Å². The Morgan fingerprint density at radius 1 is 0.969 bits per heavy atom. The highest BCUT2D eigenvalue weighted by molar-refractivity contribution is 7.89. The Bertz CT molecular complexity index is 1340. The number of hydrogen-bond acceptors (Lipinski definition) is 4. The lowest BCUT2D eigenvalue weighted by Crippen LogP contribution is -2.30. The van der Waals surface area contributed by atoms with Crippen LogP contribution in [0.15, 0.2) is 90.0 Å². The summed E-state index contributed by atoms with van der Waals surface area (Å²) < 4.78 is 24.8. The van der Waals surface area contributed by atoms with Gasteiger partial charge in [0.15, 0.2) is 5.78 Å². The molecule has 0 aliphatic carbocycles. The van der Waals surface area contributed by atoms with E-state index in [4.69, 9.17) is 5.14 Å². The molecule has 4 aromatic rings. The van der Waals surface area contributed by atoms with Crippen molar-refractivity contribution in [2.24, 2.45) is 12.2 Å². The predicted molar refractivity (Wildman–Crippen MR) is 126 cm³/mol. The lowest BCUT2D eigenvalue weighted by atomic mass is 9.96. The minimum atomic E-state index is -3.71. The third kappa shape index (κ3) is 4.65. The fourth-order valence-electron chi connectivity index (χ4n) is 3.91. The fourth-order valence-corrected chi connectivity index (χ4v) is 4.42. The topological polar surface area (TPSA) is 94.2 Å². The Morgan fingerprint density at radius 3 is 2.31 bits per heavy atom. The molecule has 1 aromatic heterocycles. The second-order valence-corrected chi connectivity index (χ2v) is 9.33. The van der Waals surface area contributed by atoms with Crippen molar-refractivity contribution in [2.45, 2.75) is 17.4 Å². The van der Waals surface area contributed by atoms with Crippen LogP contribution in [0, 0.1) is 0 Å². The molecule has 4 rings (SSSR count). The molecule has 0 aliphatic heterocycles. The minimum Gasteiger partial charge on any atom is -0.350 e. The summed E-state index contributed by atoms with van der Waals surface area (Å²) in [4.78, 5) is 13.7. The molecule has 0 saturated heterocycles. The minimum absolute atomic E-state index is 0.0116. The third-order valence-electron chi connectivity index (χ3n) is 5.57. The molecule has 0 fully saturated rings. The summed E-state index contributed by atoms with van der Waals surface area (Å²) in [6, 6.07) is 23.5. The Hall–Kier alpha value is -3.26. The summed E-state index contributed by atoms with van der Waals surface area (Å²) >= 11 is 0. The monoisotopic (exact) mass is 447 g/mol. The molecule has 0 aliphatic rings. The highest BCUT2D eigenvalue weighted by Gasteiger charge is 2.24. The molecule has 7 heteroatoms. The molecule has 0 radical (unpaired) electrons. The molecular weight excluding hydrogens is 422 g/mol. The number of para-hydroxylation sites is 1. The maximum atomic E-state index is 13.6. The Labute approximate surface area is 187 Å². The molecule has 0 amide bonds. The van der Waals surface area contributed by atoms with Gasteiger partial charge in [0.1, 0.15) is 0 Å². The zero-order valence-corrected chi connectivity index (χ0v) is 18.5. The van der Waals surface area contributed by atoms with Gasteiger partial charge in [-0.25, -0.2) is 13.6 Å². The highest BCUT2D eigenvalue weighted by Crippen LogP contribution is 2.26. The van der Waals surface area contributed by atoms with Gasteiger partial charge in [-0.15, -0.1) is 0 Å². The van der Waals surface area contributed by atoms with Crippen molar-refractivity contribution in [3.63, 3.8) is 0 Å². The number of aryl methyl sites for hydroxylation is 1. The first kappa shape index (κ1) is 22.0. The number of carbonyl (C=O) groups excluding carboxylic acids is 1. The smallest absolute Gasteiger partial charge is 0.238 e. The number of nitrogens with one attached hydrogen (secondary N) is 1. The van der Waals surface area contributed by atoms with Gasteiger partial charge in [-0.3, -0.25) is 4.79 Å². The maximum Gasteiger partial charge on any atom is 0.238 e. The van der Waals surface area contributed by atoms with Crippen molar-refractivity contribution >= 4 is 26.7 Å². The fraction of sp³-hybridized carbons (Fsp3) is 0.160. The van der Waals surface area contributed by atoms with Gasteiger partial charge in [-0.2, -0.15) is 0 Å². The van der Waals surface area contributed by atoms with Gasteiger partial charge >= 0.3 is 0 Å². The lowest BCUT2D eigenvalue weighted by molar-refractivity contribution is 0.0944. The van der Waals surface area contributed by atoms with Crippen molar-refractivity contribution in [1.29, 1.82) is 0 Å². The summed E-state index contributed by atoms with van der Waals surface area (Å²) in [5.74, 6) is 0.0116. The Morgan fingerprint density at radius 2 is 1.62 bits per heavy atom. The number of rotatable bonds is 8. The number of carbonyl (C=O) groups is 1. The van der Waals surface area contributed by atoms with E-state index in [-0.39, 0.29) is 10.7 Å². The van der Waals surface area contributed by atoms with Crippen LogP contribution in [0.2, 0.25) is 0 Å². The molecule has 0 unspecified atom stereocenters. The molecule has 3 aromatic carbocycles. The first-order valence-electron chi connectivity index (χ1n) is 10.3. The van der Waals surface area contributed by atoms with Crippen LogP contribution < -0.4 is 10.5 Å². The van der Waals surface area contributed by atoms with Gasteiger partial charge in [-0.1, -0.05) is 60.7 Å². The highest BCUT2D eigenvalue weighted by atomic mass is 32.2. The molecule has 32 heavy (non-hydrogen) atoms. The van der Waals surface area contributed by atoms with E-state index in [1.807, 2.05) is 72.4 Å². The van der Waals surface area contributed by atoms with E-state index in [1.165, 1.54) is 12.1 Å². The zero-order valence-electron chi connectivity index (χ0n) is 17.7. The quantitative estimate of drug-likeness (QED) is 0.404. The van der Waals surface area contributed by atoms with Crippen molar-refractivity contribution < 1.29 is 13.2 Å². The van der Waals surface area contributed by atoms with E-state index in [0.717, 1.165) is 22.0 Å². The van der Waals surface area contributed by atoms with Crippen LogP contribution >= 0.6 is 0 Å². The summed E-state index contributed by atoms with van der Waals surface area (Å²) in [7, 11) is -1.77. The summed E-state index contributed by atoms with van der Waals surface area (Å²) in [5.41, 5.74) is 3.55. The Balaban J connectivity index is 1.56. The van der Waals surface area contributed by atoms with Crippen molar-refractivity contribution in [1.82, 2.24) is 9.88 Å². The average molecular weight is 448 g/mol. The number of primary sulfonamides is 1. The third-order valence-corrected chi connectivity index (χ3v) is 6.50. The van der Waals surface area contributed by atoms with Crippen molar-refractivity contribution in [3.8, 4) is 0 Å². The normalized spacial score (nSPS) is 12.7. The van der Waals surface area contributed by atoms with Gasteiger partial charge < -0.3 is 9.88 Å². The summed E-state index contributed by atoms with van der Waals surface area (Å²) in [6.07, 6.45) is 2.52. The molecular formula is C25H25N3O3S. The van der Waals surface area contributed by atoms with E-state index in [9.17, 15) is 13.2 Å². The van der Waals surface area contributed by atoms with E-state index < -0.39 is 16.1 Å². The average Bonchev–Trinajstić information content (AvgIpc) is 3.13. The van der Waals surface area contributed by atoms with Crippen molar-refractivity contribution in [3.05, 3.63) is 102 Å². The van der Waals surface area contributed by atoms with Gasteiger partial charge in [0, 0.05) is 36.3 Å². The predicted octanol–water partition coefficient (Wildman–Crippen LogP) is 3.58. The number of hydrogen-bond donors (Lipinski definition) is 2. The standard InChI is InChI=1S/C25H25N3O3S/c1-28-17-22(21-9-5-6-10-23(21)28)25(29)24(19-7-3-2-4-8-19)27-16-15-18-11-13-20(14-12-18)32(26,30)31/h2-14,17,24,27H,15-16H2,1H3,(H2,26,30,31)/t24-/m1/s1. The van der Waals surface area contributed by atoms with Gasteiger partial charge in [0.2, 0.25) is 10.0 Å². The number of ketones is 1. The van der Waals surface area contributed by atoms with Crippen LogP contribution in [0.1, 0.15) is 27.5 Å². The van der Waals surface area contributed by atoms with Gasteiger partial charge in [0.05, 0.1) is 10.9 Å². The molecule has 0 spiro atoms. The lowest BCUT2D eigenvalue weighted by Gasteiger charge is -2.18. The number of nitrogens with two attached hydrogens (primary N) is 1. The second-order valence-electron chi connectivity index (χ2n) is 7.77. The number of sulfonamides is 1. The second kappa shape index (κ2) is 9.08.